The minimum atomic E-state index is -0.204. The maximum absolute atomic E-state index is 12.7. The lowest BCUT2D eigenvalue weighted by atomic mass is 9.90. The number of amides is 1. The molecule has 7 heteroatoms. The summed E-state index contributed by atoms with van der Waals surface area (Å²) in [5.41, 5.74) is 2.49. The number of aryl methyl sites for hydroxylation is 1. The van der Waals surface area contributed by atoms with E-state index in [1.807, 2.05) is 16.7 Å². The first-order chi connectivity index (χ1) is 14.1. The smallest absolute Gasteiger partial charge is 0.320 e. The molecule has 0 spiro atoms. The van der Waals surface area contributed by atoms with Crippen molar-refractivity contribution in [3.63, 3.8) is 0 Å². The molecule has 4 heterocycles. The number of ether oxygens (including phenoxy) is 1. The second kappa shape index (κ2) is 9.11. The van der Waals surface area contributed by atoms with Crippen molar-refractivity contribution in [2.75, 3.05) is 51.2 Å². The Labute approximate surface area is 172 Å². The van der Waals surface area contributed by atoms with Crippen LogP contribution in [0.4, 0.5) is 5.82 Å². The van der Waals surface area contributed by atoms with Gasteiger partial charge in [-0.2, -0.15) is 0 Å². The number of hydrogen-bond donors (Lipinski definition) is 1. The van der Waals surface area contributed by atoms with Gasteiger partial charge in [0.05, 0.1) is 19.1 Å². The quantitative estimate of drug-likeness (QED) is 0.733. The van der Waals surface area contributed by atoms with Gasteiger partial charge in [0.25, 0.3) is 0 Å². The Morgan fingerprint density at radius 1 is 1.24 bits per heavy atom. The van der Waals surface area contributed by atoms with E-state index in [2.05, 4.69) is 17.4 Å². The Morgan fingerprint density at radius 3 is 2.79 bits per heavy atom. The normalized spacial score (nSPS) is 20.5. The lowest BCUT2D eigenvalue weighted by molar-refractivity contribution is -0.151. The van der Waals surface area contributed by atoms with E-state index in [9.17, 15) is 9.59 Å². The van der Waals surface area contributed by atoms with Crippen LogP contribution in [0.2, 0.25) is 0 Å². The van der Waals surface area contributed by atoms with E-state index in [4.69, 9.17) is 9.72 Å². The van der Waals surface area contributed by atoms with Crippen LogP contribution in [0.15, 0.2) is 12.1 Å². The molecule has 0 radical (unpaired) electrons. The number of esters is 1. The molecule has 1 N–H and O–H groups in total. The van der Waals surface area contributed by atoms with Gasteiger partial charge in [-0.1, -0.05) is 6.07 Å². The van der Waals surface area contributed by atoms with Crippen LogP contribution >= 0.6 is 0 Å². The fourth-order valence-corrected chi connectivity index (χ4v) is 4.64. The molecule has 0 unspecified atom stereocenters. The van der Waals surface area contributed by atoms with Crippen LogP contribution in [0, 0.1) is 11.8 Å². The van der Waals surface area contributed by atoms with Gasteiger partial charge in [0, 0.05) is 38.4 Å². The number of nitrogens with zero attached hydrogens (tertiary/aromatic N) is 3. The first kappa shape index (κ1) is 20.1. The first-order valence-electron chi connectivity index (χ1n) is 11.0. The summed E-state index contributed by atoms with van der Waals surface area (Å²) in [6, 6.07) is 4.40. The minimum absolute atomic E-state index is 0.0364. The number of carbonyl (C=O) groups excluding carboxylic acids is 2. The summed E-state index contributed by atoms with van der Waals surface area (Å²) in [5.74, 6) is 1.74. The zero-order chi connectivity index (χ0) is 20.2. The zero-order valence-corrected chi connectivity index (χ0v) is 17.4. The molecule has 2 fully saturated rings. The standard InChI is InChI=1S/C22H32N4O3/c1-2-29-20(27)15-25-13-18(14-25)22(28)26-10-7-16(8-11-26)12-19-6-5-17-4-3-9-23-21(17)24-19/h5-6,16,18H,2-4,7-15H2,1H3,(H,23,24). The summed E-state index contributed by atoms with van der Waals surface area (Å²) in [7, 11) is 0. The average Bonchev–Trinajstić information content (AvgIpc) is 2.70. The first-order valence-corrected chi connectivity index (χ1v) is 11.0. The van der Waals surface area contributed by atoms with E-state index >= 15 is 0 Å². The topological polar surface area (TPSA) is 74.8 Å². The molecule has 0 bridgehead atoms. The third kappa shape index (κ3) is 4.89. The molecule has 2 saturated heterocycles. The second-order valence-corrected chi connectivity index (χ2v) is 8.51. The SMILES string of the molecule is CCOC(=O)CN1CC(C(=O)N2CCC(Cc3ccc4c(n3)NCCC4)CC2)C1. The largest absolute Gasteiger partial charge is 0.465 e. The Balaban J connectivity index is 1.20. The van der Waals surface area contributed by atoms with Gasteiger partial charge in [-0.05, 0) is 56.6 Å². The van der Waals surface area contributed by atoms with E-state index in [0.29, 0.717) is 32.2 Å². The molecule has 0 aromatic carbocycles. The maximum Gasteiger partial charge on any atom is 0.320 e. The van der Waals surface area contributed by atoms with Crippen molar-refractivity contribution in [2.45, 2.75) is 39.0 Å². The highest BCUT2D eigenvalue weighted by Crippen LogP contribution is 2.26. The summed E-state index contributed by atoms with van der Waals surface area (Å²) in [6.45, 7) is 6.53. The number of fused-ring (bicyclic) bond motifs is 1. The van der Waals surface area contributed by atoms with Gasteiger partial charge >= 0.3 is 5.97 Å². The molecule has 0 saturated carbocycles. The second-order valence-electron chi connectivity index (χ2n) is 8.51. The van der Waals surface area contributed by atoms with Crippen LogP contribution in [-0.2, 0) is 27.2 Å². The van der Waals surface area contributed by atoms with E-state index in [-0.39, 0.29) is 17.8 Å². The van der Waals surface area contributed by atoms with Gasteiger partial charge in [-0.15, -0.1) is 0 Å². The van der Waals surface area contributed by atoms with E-state index in [1.54, 1.807) is 0 Å². The monoisotopic (exact) mass is 400 g/mol. The summed E-state index contributed by atoms with van der Waals surface area (Å²) >= 11 is 0. The number of carbonyl (C=O) groups is 2. The fourth-order valence-electron chi connectivity index (χ4n) is 4.64. The lowest BCUT2D eigenvalue weighted by Gasteiger charge is -2.41. The molecule has 1 amide bonds. The molecule has 1 aromatic rings. The van der Waals surface area contributed by atoms with Crippen molar-refractivity contribution in [2.24, 2.45) is 11.8 Å². The van der Waals surface area contributed by atoms with Crippen LogP contribution in [0.1, 0.15) is 37.4 Å². The number of nitrogens with one attached hydrogen (secondary N) is 1. The number of aromatic nitrogens is 1. The van der Waals surface area contributed by atoms with Crippen molar-refractivity contribution >= 4 is 17.7 Å². The van der Waals surface area contributed by atoms with Gasteiger partial charge in [0.1, 0.15) is 5.82 Å². The maximum atomic E-state index is 12.7. The molecule has 3 aliphatic rings. The number of rotatable bonds is 6. The van der Waals surface area contributed by atoms with Crippen LogP contribution in [0.5, 0.6) is 0 Å². The summed E-state index contributed by atoms with van der Waals surface area (Å²) in [6.07, 6.45) is 5.37. The molecule has 3 aliphatic heterocycles. The Bertz CT molecular complexity index is 740. The van der Waals surface area contributed by atoms with Crippen LogP contribution in [0.3, 0.4) is 0 Å². The van der Waals surface area contributed by atoms with E-state index < -0.39 is 0 Å². The highest BCUT2D eigenvalue weighted by atomic mass is 16.5. The number of pyridine rings is 1. The van der Waals surface area contributed by atoms with Crippen LogP contribution in [-0.4, -0.2) is 72.5 Å². The van der Waals surface area contributed by atoms with Crippen molar-refractivity contribution in [1.82, 2.24) is 14.8 Å². The predicted octanol–water partition coefficient (Wildman–Crippen LogP) is 1.72. The van der Waals surface area contributed by atoms with Crippen LogP contribution < -0.4 is 5.32 Å². The summed E-state index contributed by atoms with van der Waals surface area (Å²) in [4.78, 5) is 33.1. The Morgan fingerprint density at radius 2 is 2.03 bits per heavy atom. The van der Waals surface area contributed by atoms with Gasteiger partial charge in [-0.25, -0.2) is 4.98 Å². The minimum Gasteiger partial charge on any atom is -0.465 e. The average molecular weight is 401 g/mol. The van der Waals surface area contributed by atoms with Crippen molar-refractivity contribution in [3.05, 3.63) is 23.4 Å². The molecular weight excluding hydrogens is 368 g/mol. The van der Waals surface area contributed by atoms with Crippen LogP contribution in [0.25, 0.3) is 0 Å². The van der Waals surface area contributed by atoms with Crippen molar-refractivity contribution in [3.8, 4) is 0 Å². The fraction of sp³-hybridized carbons (Fsp3) is 0.682. The molecule has 158 valence electrons. The predicted molar refractivity (Wildman–Crippen MR) is 111 cm³/mol. The summed E-state index contributed by atoms with van der Waals surface area (Å²) < 4.78 is 4.97. The Hall–Kier alpha value is -2.15. The Kier molecular flexibility index (Phi) is 6.33. The van der Waals surface area contributed by atoms with Crippen molar-refractivity contribution < 1.29 is 14.3 Å². The highest BCUT2D eigenvalue weighted by Gasteiger charge is 2.37. The highest BCUT2D eigenvalue weighted by molar-refractivity contribution is 5.81. The number of likely N-dealkylation sites (tertiary alicyclic amines) is 2. The third-order valence-electron chi connectivity index (χ3n) is 6.34. The lowest BCUT2D eigenvalue weighted by Crippen LogP contribution is -2.56. The molecule has 29 heavy (non-hydrogen) atoms. The van der Waals surface area contributed by atoms with Gasteiger partial charge in [0.15, 0.2) is 0 Å². The summed E-state index contributed by atoms with van der Waals surface area (Å²) in [5, 5.41) is 3.41. The number of piperidine rings is 1. The molecule has 1 aromatic heterocycles. The van der Waals surface area contributed by atoms with Gasteiger partial charge in [0.2, 0.25) is 5.91 Å². The molecule has 7 nitrogen and oxygen atoms in total. The molecule has 0 atom stereocenters. The molecule has 0 aliphatic carbocycles. The molecular formula is C22H32N4O3. The van der Waals surface area contributed by atoms with Gasteiger partial charge < -0.3 is 15.0 Å². The molecule has 4 rings (SSSR count). The van der Waals surface area contributed by atoms with E-state index in [1.165, 1.54) is 12.0 Å². The zero-order valence-electron chi connectivity index (χ0n) is 17.4. The third-order valence-corrected chi connectivity index (χ3v) is 6.34. The number of hydrogen-bond acceptors (Lipinski definition) is 6. The number of anilines is 1. The van der Waals surface area contributed by atoms with Crippen molar-refractivity contribution in [1.29, 1.82) is 0 Å². The van der Waals surface area contributed by atoms with Gasteiger partial charge in [-0.3, -0.25) is 14.5 Å². The van der Waals surface area contributed by atoms with E-state index in [0.717, 1.165) is 56.8 Å².